The Morgan fingerprint density at radius 1 is 1.43 bits per heavy atom. The maximum Gasteiger partial charge on any atom is 0.337 e. The monoisotopic (exact) mass is 187 g/mol. The zero-order chi connectivity index (χ0) is 10.1. The predicted octanol–water partition coefficient (Wildman–Crippen LogP) is 2.24. The third-order valence-corrected chi connectivity index (χ3v) is 2.19. The van der Waals surface area contributed by atoms with E-state index in [4.69, 9.17) is 5.11 Å². The van der Waals surface area contributed by atoms with Crippen LogP contribution in [-0.4, -0.2) is 16.1 Å². The third-order valence-electron chi connectivity index (χ3n) is 2.19. The molecule has 2 aromatic rings. The van der Waals surface area contributed by atoms with Crippen LogP contribution in [0.15, 0.2) is 30.5 Å². The van der Waals surface area contributed by atoms with Crippen LogP contribution in [0, 0.1) is 6.92 Å². The van der Waals surface area contributed by atoms with Gasteiger partial charge < -0.3 is 5.11 Å². The van der Waals surface area contributed by atoms with Crippen molar-refractivity contribution < 1.29 is 9.90 Å². The first-order valence-electron chi connectivity index (χ1n) is 4.27. The number of nitrogens with zero attached hydrogens (tertiary/aromatic N) is 1. The number of aromatic carboxylic acids is 1. The van der Waals surface area contributed by atoms with E-state index in [1.807, 2.05) is 25.1 Å². The SMILES string of the molecule is Cc1cccc2ncc(C(=O)O)cc12. The second-order valence-electron chi connectivity index (χ2n) is 3.17. The van der Waals surface area contributed by atoms with Gasteiger partial charge in [0.25, 0.3) is 0 Å². The van der Waals surface area contributed by atoms with E-state index in [1.165, 1.54) is 6.20 Å². The summed E-state index contributed by atoms with van der Waals surface area (Å²) in [4.78, 5) is 14.8. The lowest BCUT2D eigenvalue weighted by molar-refractivity contribution is 0.0696. The van der Waals surface area contributed by atoms with Crippen LogP contribution in [0.1, 0.15) is 15.9 Å². The highest BCUT2D eigenvalue weighted by Crippen LogP contribution is 2.17. The number of pyridine rings is 1. The molecule has 0 aliphatic heterocycles. The molecule has 0 saturated heterocycles. The number of hydrogen-bond acceptors (Lipinski definition) is 2. The summed E-state index contributed by atoms with van der Waals surface area (Å²) in [5.41, 5.74) is 2.10. The lowest BCUT2D eigenvalue weighted by atomic mass is 10.1. The normalized spacial score (nSPS) is 10.4. The smallest absolute Gasteiger partial charge is 0.337 e. The number of carbonyl (C=O) groups is 1. The Morgan fingerprint density at radius 3 is 2.93 bits per heavy atom. The van der Waals surface area contributed by atoms with Gasteiger partial charge in [0.2, 0.25) is 0 Å². The number of carboxylic acid groups (broad SMARTS) is 1. The number of carboxylic acids is 1. The second-order valence-corrected chi connectivity index (χ2v) is 3.17. The van der Waals surface area contributed by atoms with E-state index in [9.17, 15) is 4.79 Å². The van der Waals surface area contributed by atoms with E-state index in [0.29, 0.717) is 0 Å². The number of rotatable bonds is 1. The van der Waals surface area contributed by atoms with E-state index in [-0.39, 0.29) is 5.56 Å². The quantitative estimate of drug-likeness (QED) is 0.744. The molecule has 0 aliphatic rings. The van der Waals surface area contributed by atoms with Gasteiger partial charge in [-0.05, 0) is 24.6 Å². The molecule has 1 heterocycles. The summed E-state index contributed by atoms with van der Waals surface area (Å²) in [7, 11) is 0. The fourth-order valence-corrected chi connectivity index (χ4v) is 1.41. The first kappa shape index (κ1) is 8.69. The summed E-state index contributed by atoms with van der Waals surface area (Å²) in [5, 5.41) is 9.69. The van der Waals surface area contributed by atoms with Crippen molar-refractivity contribution in [2.24, 2.45) is 0 Å². The first-order valence-corrected chi connectivity index (χ1v) is 4.27. The highest BCUT2D eigenvalue weighted by Gasteiger charge is 2.05. The van der Waals surface area contributed by atoms with Gasteiger partial charge in [-0.2, -0.15) is 0 Å². The molecular formula is C11H9NO2. The molecule has 0 atom stereocenters. The van der Waals surface area contributed by atoms with Crippen LogP contribution in [0.25, 0.3) is 10.9 Å². The fraction of sp³-hybridized carbons (Fsp3) is 0.0909. The highest BCUT2D eigenvalue weighted by atomic mass is 16.4. The summed E-state index contributed by atoms with van der Waals surface area (Å²) in [6.07, 6.45) is 1.38. The van der Waals surface area contributed by atoms with Crippen LogP contribution in [0.5, 0.6) is 0 Å². The average Bonchev–Trinajstić information content (AvgIpc) is 2.18. The van der Waals surface area contributed by atoms with Crippen molar-refractivity contribution in [1.82, 2.24) is 4.98 Å². The third kappa shape index (κ3) is 1.33. The standard InChI is InChI=1S/C11H9NO2/c1-7-3-2-4-10-9(7)5-8(6-12-10)11(13)14/h2-6H,1H3,(H,13,14). The number of benzene rings is 1. The fourth-order valence-electron chi connectivity index (χ4n) is 1.41. The van der Waals surface area contributed by atoms with Gasteiger partial charge in [-0.25, -0.2) is 4.79 Å². The molecule has 0 amide bonds. The predicted molar refractivity (Wildman–Crippen MR) is 53.4 cm³/mol. The molecule has 0 unspecified atom stereocenters. The van der Waals surface area contributed by atoms with Crippen LogP contribution in [0.2, 0.25) is 0 Å². The molecule has 14 heavy (non-hydrogen) atoms. The zero-order valence-electron chi connectivity index (χ0n) is 7.69. The van der Waals surface area contributed by atoms with Crippen molar-refractivity contribution in [3.8, 4) is 0 Å². The van der Waals surface area contributed by atoms with E-state index in [1.54, 1.807) is 6.07 Å². The van der Waals surface area contributed by atoms with Crippen molar-refractivity contribution in [1.29, 1.82) is 0 Å². The highest BCUT2D eigenvalue weighted by molar-refractivity contribution is 5.93. The Morgan fingerprint density at radius 2 is 2.21 bits per heavy atom. The molecule has 0 spiro atoms. The Bertz CT molecular complexity index is 506. The summed E-state index contributed by atoms with van der Waals surface area (Å²) in [5.74, 6) is -0.942. The van der Waals surface area contributed by atoms with Crippen molar-refractivity contribution in [2.45, 2.75) is 6.92 Å². The van der Waals surface area contributed by atoms with Gasteiger partial charge in [0.1, 0.15) is 0 Å². The van der Waals surface area contributed by atoms with Crippen LogP contribution >= 0.6 is 0 Å². The van der Waals surface area contributed by atoms with Crippen molar-refractivity contribution >= 4 is 16.9 Å². The van der Waals surface area contributed by atoms with Crippen molar-refractivity contribution in [3.05, 3.63) is 41.6 Å². The summed E-state index contributed by atoms with van der Waals surface area (Å²) in [6.45, 7) is 1.94. The minimum atomic E-state index is -0.942. The van der Waals surface area contributed by atoms with Crippen LogP contribution < -0.4 is 0 Å². The first-order chi connectivity index (χ1) is 6.68. The lowest BCUT2D eigenvalue weighted by Gasteiger charge is -2.01. The molecule has 1 N–H and O–H groups in total. The van der Waals surface area contributed by atoms with E-state index < -0.39 is 5.97 Å². The van der Waals surface area contributed by atoms with E-state index in [2.05, 4.69) is 4.98 Å². The second kappa shape index (κ2) is 3.10. The summed E-state index contributed by atoms with van der Waals surface area (Å²) < 4.78 is 0. The van der Waals surface area contributed by atoms with Gasteiger partial charge >= 0.3 is 5.97 Å². The number of fused-ring (bicyclic) bond motifs is 1. The van der Waals surface area contributed by atoms with Gasteiger partial charge in [0, 0.05) is 11.6 Å². The van der Waals surface area contributed by atoms with Gasteiger partial charge in [-0.1, -0.05) is 12.1 Å². The minimum Gasteiger partial charge on any atom is -0.478 e. The summed E-state index contributed by atoms with van der Waals surface area (Å²) in [6, 6.07) is 7.37. The van der Waals surface area contributed by atoms with Crippen LogP contribution in [-0.2, 0) is 0 Å². The lowest BCUT2D eigenvalue weighted by Crippen LogP contribution is -1.97. The molecule has 1 aromatic carbocycles. The molecule has 3 nitrogen and oxygen atoms in total. The average molecular weight is 187 g/mol. The largest absolute Gasteiger partial charge is 0.478 e. The minimum absolute atomic E-state index is 0.229. The maximum absolute atomic E-state index is 10.7. The molecule has 0 saturated carbocycles. The molecule has 2 rings (SSSR count). The van der Waals surface area contributed by atoms with Crippen LogP contribution in [0.3, 0.4) is 0 Å². The molecule has 0 aliphatic carbocycles. The van der Waals surface area contributed by atoms with Gasteiger partial charge in [-0.3, -0.25) is 4.98 Å². The molecule has 0 fully saturated rings. The van der Waals surface area contributed by atoms with Crippen molar-refractivity contribution in [3.63, 3.8) is 0 Å². The molecule has 1 aromatic heterocycles. The number of hydrogen-bond donors (Lipinski definition) is 1. The Kier molecular flexibility index (Phi) is 1.93. The maximum atomic E-state index is 10.7. The number of aromatic nitrogens is 1. The van der Waals surface area contributed by atoms with Gasteiger partial charge in [-0.15, -0.1) is 0 Å². The topological polar surface area (TPSA) is 50.2 Å². The molecule has 0 bridgehead atoms. The van der Waals surface area contributed by atoms with Crippen molar-refractivity contribution in [2.75, 3.05) is 0 Å². The van der Waals surface area contributed by atoms with Gasteiger partial charge in [0.15, 0.2) is 0 Å². The molecule has 70 valence electrons. The van der Waals surface area contributed by atoms with E-state index >= 15 is 0 Å². The zero-order valence-corrected chi connectivity index (χ0v) is 7.69. The Balaban J connectivity index is 2.76. The van der Waals surface area contributed by atoms with Crippen LogP contribution in [0.4, 0.5) is 0 Å². The molecule has 0 radical (unpaired) electrons. The Hall–Kier alpha value is -1.90. The number of aryl methyl sites for hydroxylation is 1. The Labute approximate surface area is 81.0 Å². The van der Waals surface area contributed by atoms with Gasteiger partial charge in [0.05, 0.1) is 11.1 Å². The molecule has 3 heteroatoms. The van der Waals surface area contributed by atoms with E-state index in [0.717, 1.165) is 16.5 Å². The molecular weight excluding hydrogens is 178 g/mol. The summed E-state index contributed by atoms with van der Waals surface area (Å²) >= 11 is 0.